The summed E-state index contributed by atoms with van der Waals surface area (Å²) >= 11 is 1.58. The number of carbonyl (C=O) groups is 2. The summed E-state index contributed by atoms with van der Waals surface area (Å²) in [4.78, 5) is 30.4. The summed E-state index contributed by atoms with van der Waals surface area (Å²) in [5, 5.41) is 9.78. The molecule has 0 radical (unpaired) electrons. The average molecular weight is 485 g/mol. The Hall–Kier alpha value is -3.71. The van der Waals surface area contributed by atoms with Crippen molar-refractivity contribution in [3.05, 3.63) is 94.0 Å². The maximum Gasteiger partial charge on any atom is 0.277 e. The van der Waals surface area contributed by atoms with Crippen LogP contribution in [0.4, 0.5) is 5.69 Å². The van der Waals surface area contributed by atoms with Crippen LogP contribution in [0.15, 0.2) is 66.0 Å². The molecule has 0 fully saturated rings. The molecule has 35 heavy (non-hydrogen) atoms. The molecular weight excluding hydrogens is 456 g/mol. The van der Waals surface area contributed by atoms with Crippen molar-refractivity contribution in [3.63, 3.8) is 0 Å². The van der Waals surface area contributed by atoms with Gasteiger partial charge in [-0.15, -0.1) is 11.3 Å². The number of hydrogen-bond acceptors (Lipinski definition) is 4. The predicted octanol–water partition coefficient (Wildman–Crippen LogP) is 5.27. The van der Waals surface area contributed by atoms with Gasteiger partial charge in [-0.05, 0) is 68.0 Å². The molecule has 0 saturated carbocycles. The Kier molecular flexibility index (Phi) is 5.81. The van der Waals surface area contributed by atoms with Gasteiger partial charge in [-0.3, -0.25) is 19.2 Å². The molecule has 6 nitrogen and oxygen atoms in total. The van der Waals surface area contributed by atoms with Crippen LogP contribution in [0.3, 0.4) is 0 Å². The molecule has 178 valence electrons. The lowest BCUT2D eigenvalue weighted by atomic mass is 9.92. The molecule has 1 unspecified atom stereocenters. The number of rotatable bonds is 5. The van der Waals surface area contributed by atoms with E-state index >= 15 is 0 Å². The van der Waals surface area contributed by atoms with Gasteiger partial charge in [0.2, 0.25) is 5.91 Å². The predicted molar refractivity (Wildman–Crippen MR) is 140 cm³/mol. The van der Waals surface area contributed by atoms with E-state index in [0.29, 0.717) is 12.2 Å². The third-order valence-corrected chi connectivity index (χ3v) is 7.49. The Bertz CT molecular complexity index is 1410. The highest BCUT2D eigenvalue weighted by Crippen LogP contribution is 2.36. The van der Waals surface area contributed by atoms with Crippen molar-refractivity contribution in [1.29, 1.82) is 0 Å². The number of nitrogens with zero attached hydrogens (tertiary/aromatic N) is 3. The van der Waals surface area contributed by atoms with E-state index in [1.165, 1.54) is 5.56 Å². The molecule has 3 heterocycles. The van der Waals surface area contributed by atoms with Crippen molar-refractivity contribution < 1.29 is 9.59 Å². The van der Waals surface area contributed by atoms with E-state index < -0.39 is 5.54 Å². The van der Waals surface area contributed by atoms with Crippen LogP contribution in [0.5, 0.6) is 0 Å². The topological polar surface area (TPSA) is 67.2 Å². The van der Waals surface area contributed by atoms with E-state index in [1.807, 2.05) is 93.7 Å². The second kappa shape index (κ2) is 8.82. The lowest BCUT2D eigenvalue weighted by Gasteiger charge is -2.43. The number of anilines is 1. The second-order valence-corrected chi connectivity index (χ2v) is 10.4. The largest absolute Gasteiger partial charge is 0.350 e. The summed E-state index contributed by atoms with van der Waals surface area (Å²) in [5.41, 5.74) is 4.95. The maximum absolute atomic E-state index is 14.0. The SMILES string of the molecule is Cc1ccc(CNC(=O)C2(C)Cn3nc(-c4cccs4)cc3C(=O)N2c2cc(C)ccc2C)cc1. The van der Waals surface area contributed by atoms with Crippen LogP contribution < -0.4 is 10.2 Å². The monoisotopic (exact) mass is 484 g/mol. The summed E-state index contributed by atoms with van der Waals surface area (Å²) in [7, 11) is 0. The normalized spacial score (nSPS) is 17.4. The molecule has 1 atom stereocenters. The molecule has 4 aromatic rings. The number of nitrogens with one attached hydrogen (secondary N) is 1. The van der Waals surface area contributed by atoms with Gasteiger partial charge in [0.05, 0.1) is 11.4 Å². The van der Waals surface area contributed by atoms with Gasteiger partial charge in [-0.25, -0.2) is 0 Å². The van der Waals surface area contributed by atoms with Crippen molar-refractivity contribution in [2.45, 2.75) is 46.3 Å². The number of aromatic nitrogens is 2. The minimum absolute atomic E-state index is 0.217. The van der Waals surface area contributed by atoms with Gasteiger partial charge in [-0.1, -0.05) is 48.0 Å². The van der Waals surface area contributed by atoms with E-state index in [4.69, 9.17) is 5.10 Å². The molecular formula is C28H28N4O2S. The van der Waals surface area contributed by atoms with E-state index in [9.17, 15) is 9.59 Å². The molecule has 1 aliphatic heterocycles. The summed E-state index contributed by atoms with van der Waals surface area (Å²) in [6.45, 7) is 8.46. The number of benzene rings is 2. The summed E-state index contributed by atoms with van der Waals surface area (Å²) in [5.74, 6) is -0.445. The highest BCUT2D eigenvalue weighted by atomic mass is 32.1. The first-order valence-electron chi connectivity index (χ1n) is 11.6. The quantitative estimate of drug-likeness (QED) is 0.420. The van der Waals surface area contributed by atoms with Crippen molar-refractivity contribution in [2.24, 2.45) is 0 Å². The van der Waals surface area contributed by atoms with E-state index in [1.54, 1.807) is 20.9 Å². The molecule has 7 heteroatoms. The molecule has 5 rings (SSSR count). The van der Waals surface area contributed by atoms with E-state index in [2.05, 4.69) is 5.32 Å². The Morgan fingerprint density at radius 3 is 2.51 bits per heavy atom. The fraction of sp³-hybridized carbons (Fsp3) is 0.250. The van der Waals surface area contributed by atoms with E-state index in [-0.39, 0.29) is 18.4 Å². The standard InChI is InChI=1S/C28H28N4O2S/c1-18-8-11-21(12-9-18)16-29-27(34)28(4)17-31-24(15-22(30-31)25-6-5-13-35-25)26(33)32(28)23-14-19(2)7-10-20(23)3/h5-15H,16-17H2,1-4H3,(H,29,34). The van der Waals surface area contributed by atoms with Crippen molar-refractivity contribution in [2.75, 3.05) is 4.90 Å². The van der Waals surface area contributed by atoms with Crippen LogP contribution in [0.1, 0.15) is 39.7 Å². The minimum Gasteiger partial charge on any atom is -0.350 e. The van der Waals surface area contributed by atoms with Crippen LogP contribution in [0.2, 0.25) is 0 Å². The molecule has 2 aromatic carbocycles. The van der Waals surface area contributed by atoms with Crippen LogP contribution >= 0.6 is 11.3 Å². The molecule has 1 N–H and O–H groups in total. The first-order chi connectivity index (χ1) is 16.8. The fourth-order valence-corrected chi connectivity index (χ4v) is 5.22. The molecule has 0 spiro atoms. The van der Waals surface area contributed by atoms with Gasteiger partial charge < -0.3 is 5.32 Å². The van der Waals surface area contributed by atoms with Crippen LogP contribution in [0.25, 0.3) is 10.6 Å². The third kappa shape index (κ3) is 4.17. The highest BCUT2D eigenvalue weighted by molar-refractivity contribution is 7.13. The Labute approximate surface area is 209 Å². The van der Waals surface area contributed by atoms with Gasteiger partial charge >= 0.3 is 0 Å². The van der Waals surface area contributed by atoms with Crippen molar-refractivity contribution in [1.82, 2.24) is 15.1 Å². The number of amides is 2. The Balaban J connectivity index is 1.56. The first-order valence-corrected chi connectivity index (χ1v) is 12.5. The zero-order valence-corrected chi connectivity index (χ0v) is 21.1. The maximum atomic E-state index is 14.0. The number of hydrogen-bond donors (Lipinski definition) is 1. The minimum atomic E-state index is -1.16. The highest BCUT2D eigenvalue weighted by Gasteiger charge is 2.49. The number of fused-ring (bicyclic) bond motifs is 1. The van der Waals surface area contributed by atoms with Gasteiger partial charge in [0.15, 0.2) is 0 Å². The summed E-state index contributed by atoms with van der Waals surface area (Å²) in [6, 6.07) is 19.8. The Morgan fingerprint density at radius 2 is 1.80 bits per heavy atom. The molecule has 0 saturated heterocycles. The van der Waals surface area contributed by atoms with Crippen molar-refractivity contribution >= 4 is 28.8 Å². The second-order valence-electron chi connectivity index (χ2n) is 9.42. The van der Waals surface area contributed by atoms with Gasteiger partial charge in [0, 0.05) is 12.2 Å². The number of aryl methyl sites for hydroxylation is 3. The number of carbonyl (C=O) groups excluding carboxylic acids is 2. The zero-order valence-electron chi connectivity index (χ0n) is 20.3. The lowest BCUT2D eigenvalue weighted by Crippen LogP contribution is -2.64. The van der Waals surface area contributed by atoms with Crippen LogP contribution in [0, 0.1) is 20.8 Å². The number of thiophene rings is 1. The van der Waals surface area contributed by atoms with Gasteiger partial charge in [-0.2, -0.15) is 5.10 Å². The molecule has 0 bridgehead atoms. The first kappa shape index (κ1) is 23.1. The summed E-state index contributed by atoms with van der Waals surface area (Å²) < 4.78 is 1.68. The molecule has 2 amide bonds. The third-order valence-electron chi connectivity index (χ3n) is 6.60. The smallest absolute Gasteiger partial charge is 0.277 e. The fourth-order valence-electron chi connectivity index (χ4n) is 4.54. The lowest BCUT2D eigenvalue weighted by molar-refractivity contribution is -0.126. The zero-order chi connectivity index (χ0) is 24.7. The van der Waals surface area contributed by atoms with E-state index in [0.717, 1.165) is 32.9 Å². The molecule has 1 aliphatic rings. The summed E-state index contributed by atoms with van der Waals surface area (Å²) in [6.07, 6.45) is 0. The van der Waals surface area contributed by atoms with Crippen LogP contribution in [-0.4, -0.2) is 27.1 Å². The molecule has 0 aliphatic carbocycles. The van der Waals surface area contributed by atoms with Gasteiger partial charge in [0.25, 0.3) is 5.91 Å². The average Bonchev–Trinajstić information content (AvgIpc) is 3.51. The van der Waals surface area contributed by atoms with Gasteiger partial charge in [0.1, 0.15) is 16.9 Å². The Morgan fingerprint density at radius 1 is 1.06 bits per heavy atom. The van der Waals surface area contributed by atoms with Crippen molar-refractivity contribution in [3.8, 4) is 10.6 Å². The van der Waals surface area contributed by atoms with Crippen LogP contribution in [-0.2, 0) is 17.9 Å². The molecule has 2 aromatic heterocycles.